The van der Waals surface area contributed by atoms with Gasteiger partial charge in [-0.3, -0.25) is 9.59 Å². The summed E-state index contributed by atoms with van der Waals surface area (Å²) in [5.74, 6) is -1.72. The summed E-state index contributed by atoms with van der Waals surface area (Å²) in [5.41, 5.74) is 0.194. The number of amides is 1. The van der Waals surface area contributed by atoms with E-state index < -0.39 is 27.9 Å². The maximum Gasteiger partial charge on any atom is 0.325 e. The first kappa shape index (κ1) is 17.4. The van der Waals surface area contributed by atoms with E-state index in [9.17, 15) is 18.0 Å². The number of carboxylic acid groups (broad SMARTS) is 1. The predicted octanol–water partition coefficient (Wildman–Crippen LogP) is -0.0896. The van der Waals surface area contributed by atoms with E-state index in [1.165, 1.54) is 35.5 Å². The summed E-state index contributed by atoms with van der Waals surface area (Å²) in [5, 5.41) is 11.1. The highest BCUT2D eigenvalue weighted by Gasteiger charge is 2.26. The van der Waals surface area contributed by atoms with E-state index in [4.69, 9.17) is 9.84 Å². The summed E-state index contributed by atoms with van der Waals surface area (Å²) in [7, 11) is -3.61. The van der Waals surface area contributed by atoms with Gasteiger partial charge in [0.25, 0.3) is 5.91 Å². The molecular formula is C14H18N2O6S. The minimum Gasteiger partial charge on any atom is -0.480 e. The smallest absolute Gasteiger partial charge is 0.325 e. The number of morpholine rings is 1. The van der Waals surface area contributed by atoms with Gasteiger partial charge in [0, 0.05) is 18.7 Å². The van der Waals surface area contributed by atoms with Gasteiger partial charge in [-0.15, -0.1) is 0 Å². The van der Waals surface area contributed by atoms with Gasteiger partial charge in [0.2, 0.25) is 10.0 Å². The highest BCUT2D eigenvalue weighted by molar-refractivity contribution is 7.89. The third kappa shape index (κ3) is 4.06. The first-order chi connectivity index (χ1) is 10.8. The molecule has 1 heterocycles. The van der Waals surface area contributed by atoms with E-state index in [1.54, 1.807) is 0 Å². The summed E-state index contributed by atoms with van der Waals surface area (Å²) in [6, 6.07) is 4.37. The summed E-state index contributed by atoms with van der Waals surface area (Å²) >= 11 is 0. The lowest BCUT2D eigenvalue weighted by molar-refractivity contribution is -0.138. The molecule has 1 aromatic rings. The number of aliphatic carboxylic acids is 1. The van der Waals surface area contributed by atoms with Crippen LogP contribution in [0.3, 0.4) is 0 Å². The van der Waals surface area contributed by atoms with E-state index in [1.807, 2.05) is 0 Å². The Kier molecular flexibility index (Phi) is 5.34. The molecule has 1 saturated heterocycles. The Morgan fingerprint density at radius 1 is 1.22 bits per heavy atom. The minimum atomic E-state index is -3.61. The van der Waals surface area contributed by atoms with Crippen LogP contribution in [0.25, 0.3) is 0 Å². The molecule has 1 aromatic carbocycles. The zero-order valence-electron chi connectivity index (χ0n) is 12.6. The Balaban J connectivity index is 2.12. The van der Waals surface area contributed by atoms with Gasteiger partial charge >= 0.3 is 5.97 Å². The van der Waals surface area contributed by atoms with Gasteiger partial charge in [-0.2, -0.15) is 4.31 Å². The Morgan fingerprint density at radius 2 is 1.78 bits per heavy atom. The van der Waals surface area contributed by atoms with Crippen molar-refractivity contribution >= 4 is 21.9 Å². The zero-order chi connectivity index (χ0) is 17.0. The minimum absolute atomic E-state index is 0.0854. The van der Waals surface area contributed by atoms with Crippen LogP contribution in [0.5, 0.6) is 0 Å². The second-order valence-corrected chi connectivity index (χ2v) is 7.01. The summed E-state index contributed by atoms with van der Waals surface area (Å²) in [6.07, 6.45) is 0. The molecule has 1 amide bonds. The molecule has 9 heteroatoms. The van der Waals surface area contributed by atoms with Gasteiger partial charge < -0.3 is 15.2 Å². The van der Waals surface area contributed by atoms with Crippen LogP contribution in [0.2, 0.25) is 0 Å². The fraction of sp³-hybridized carbons (Fsp3) is 0.429. The van der Waals surface area contributed by atoms with E-state index in [0.29, 0.717) is 26.3 Å². The quantitative estimate of drug-likeness (QED) is 0.773. The van der Waals surface area contributed by atoms with Gasteiger partial charge in [0.05, 0.1) is 18.1 Å². The van der Waals surface area contributed by atoms with E-state index in [2.05, 4.69) is 5.32 Å². The third-order valence-electron chi connectivity index (χ3n) is 3.44. The lowest BCUT2D eigenvalue weighted by Gasteiger charge is -2.26. The Morgan fingerprint density at radius 3 is 2.30 bits per heavy atom. The molecule has 0 aromatic heterocycles. The molecule has 2 rings (SSSR count). The Bertz CT molecular complexity index is 680. The third-order valence-corrected chi connectivity index (χ3v) is 5.36. The van der Waals surface area contributed by atoms with Crippen molar-refractivity contribution < 1.29 is 27.9 Å². The molecule has 1 aliphatic heterocycles. The van der Waals surface area contributed by atoms with Crippen LogP contribution >= 0.6 is 0 Å². The zero-order valence-corrected chi connectivity index (χ0v) is 13.4. The van der Waals surface area contributed by atoms with Gasteiger partial charge in [0.15, 0.2) is 0 Å². The molecule has 1 aliphatic rings. The second kappa shape index (κ2) is 7.07. The fourth-order valence-electron chi connectivity index (χ4n) is 2.06. The number of hydrogen-bond donors (Lipinski definition) is 2. The lowest BCUT2D eigenvalue weighted by atomic mass is 10.2. The van der Waals surface area contributed by atoms with E-state index in [0.717, 1.165) is 0 Å². The molecule has 0 aliphatic carbocycles. The number of nitrogens with zero attached hydrogens (tertiary/aromatic N) is 1. The number of ether oxygens (including phenoxy) is 1. The number of sulfonamides is 1. The summed E-state index contributed by atoms with van der Waals surface area (Å²) in [6.45, 7) is 2.64. The number of rotatable bonds is 5. The molecule has 2 N–H and O–H groups in total. The molecule has 126 valence electrons. The van der Waals surface area contributed by atoms with Crippen LogP contribution in [-0.4, -0.2) is 62.1 Å². The molecule has 23 heavy (non-hydrogen) atoms. The van der Waals surface area contributed by atoms with Crippen molar-refractivity contribution in [1.82, 2.24) is 9.62 Å². The van der Waals surface area contributed by atoms with Gasteiger partial charge in [-0.1, -0.05) is 0 Å². The standard InChI is InChI=1S/C14H18N2O6S/c1-10(14(18)19)15-13(17)11-2-4-12(5-3-11)23(20,21)16-6-8-22-9-7-16/h2-5,10H,6-9H2,1H3,(H,15,17)(H,18,19)/t10-/m0/s1. The van der Waals surface area contributed by atoms with E-state index >= 15 is 0 Å². The highest BCUT2D eigenvalue weighted by Crippen LogP contribution is 2.17. The molecule has 1 fully saturated rings. The van der Waals surface area contributed by atoms with Crippen molar-refractivity contribution in [3.8, 4) is 0 Å². The Labute approximate surface area is 134 Å². The summed E-state index contributed by atoms with van der Waals surface area (Å²) in [4.78, 5) is 22.7. The maximum atomic E-state index is 12.4. The van der Waals surface area contributed by atoms with Crippen molar-refractivity contribution in [3.05, 3.63) is 29.8 Å². The normalized spacial score (nSPS) is 17.4. The number of carbonyl (C=O) groups excluding carboxylic acids is 1. The maximum absolute atomic E-state index is 12.4. The van der Waals surface area contributed by atoms with Crippen LogP contribution in [0.15, 0.2) is 29.2 Å². The number of nitrogens with one attached hydrogen (secondary N) is 1. The average molecular weight is 342 g/mol. The van der Waals surface area contributed by atoms with Crippen LogP contribution in [0.4, 0.5) is 0 Å². The molecule has 1 atom stereocenters. The second-order valence-electron chi connectivity index (χ2n) is 5.07. The topological polar surface area (TPSA) is 113 Å². The molecule has 0 unspecified atom stereocenters. The van der Waals surface area contributed by atoms with Crippen LogP contribution in [0, 0.1) is 0 Å². The number of carbonyl (C=O) groups is 2. The number of benzene rings is 1. The average Bonchev–Trinajstić information content (AvgIpc) is 2.55. The highest BCUT2D eigenvalue weighted by atomic mass is 32.2. The van der Waals surface area contributed by atoms with Crippen LogP contribution < -0.4 is 5.32 Å². The van der Waals surface area contributed by atoms with E-state index in [-0.39, 0.29) is 10.5 Å². The van der Waals surface area contributed by atoms with Crippen molar-refractivity contribution in [3.63, 3.8) is 0 Å². The first-order valence-corrected chi connectivity index (χ1v) is 8.48. The first-order valence-electron chi connectivity index (χ1n) is 7.04. The predicted molar refractivity (Wildman–Crippen MR) is 80.6 cm³/mol. The molecule has 0 spiro atoms. The molecule has 0 saturated carbocycles. The fourth-order valence-corrected chi connectivity index (χ4v) is 3.46. The molecule has 8 nitrogen and oxygen atoms in total. The van der Waals surface area contributed by atoms with Crippen molar-refractivity contribution in [2.75, 3.05) is 26.3 Å². The van der Waals surface area contributed by atoms with Crippen molar-refractivity contribution in [2.24, 2.45) is 0 Å². The summed E-state index contributed by atoms with van der Waals surface area (Å²) < 4.78 is 31.3. The molecule has 0 bridgehead atoms. The van der Waals surface area contributed by atoms with Crippen LogP contribution in [-0.2, 0) is 19.6 Å². The van der Waals surface area contributed by atoms with Gasteiger partial charge in [0.1, 0.15) is 6.04 Å². The largest absolute Gasteiger partial charge is 0.480 e. The number of carboxylic acids is 1. The van der Waals surface area contributed by atoms with Crippen molar-refractivity contribution in [2.45, 2.75) is 17.9 Å². The lowest BCUT2D eigenvalue weighted by Crippen LogP contribution is -2.40. The van der Waals surface area contributed by atoms with Crippen molar-refractivity contribution in [1.29, 1.82) is 0 Å². The molecular weight excluding hydrogens is 324 g/mol. The van der Waals surface area contributed by atoms with Crippen LogP contribution in [0.1, 0.15) is 17.3 Å². The van der Waals surface area contributed by atoms with Gasteiger partial charge in [-0.05, 0) is 31.2 Å². The van der Waals surface area contributed by atoms with Gasteiger partial charge in [-0.25, -0.2) is 8.42 Å². The monoisotopic (exact) mass is 342 g/mol. The number of hydrogen-bond acceptors (Lipinski definition) is 5. The Hall–Kier alpha value is -1.97. The molecule has 0 radical (unpaired) electrons. The SMILES string of the molecule is C[C@H](NC(=O)c1ccc(S(=O)(=O)N2CCOCC2)cc1)C(=O)O.